The Morgan fingerprint density at radius 1 is 1.34 bits per heavy atom. The van der Waals surface area contributed by atoms with Gasteiger partial charge in [0.2, 0.25) is 0 Å². The van der Waals surface area contributed by atoms with Crippen LogP contribution in [0.15, 0.2) is 36.9 Å². The normalized spacial score (nSPS) is 11.9. The zero-order chi connectivity index (χ0) is 21.1. The van der Waals surface area contributed by atoms with Crippen LogP contribution >= 0.6 is 35.4 Å². The van der Waals surface area contributed by atoms with E-state index in [1.807, 2.05) is 13.0 Å². The molecule has 2 heterocycles. The van der Waals surface area contributed by atoms with E-state index in [-0.39, 0.29) is 22.3 Å². The molecule has 8 nitrogen and oxygen atoms in total. The van der Waals surface area contributed by atoms with Gasteiger partial charge in [-0.25, -0.2) is 14.6 Å². The number of nitrogens with zero attached hydrogens (tertiary/aromatic N) is 3. The van der Waals surface area contributed by atoms with Crippen molar-refractivity contribution >= 4 is 53.2 Å². The molecule has 0 bridgehead atoms. The van der Waals surface area contributed by atoms with Gasteiger partial charge in [-0.1, -0.05) is 36.2 Å². The maximum Gasteiger partial charge on any atom is 0.358 e. The molecule has 0 aliphatic heterocycles. The van der Waals surface area contributed by atoms with Crippen LogP contribution in [0.5, 0.6) is 0 Å². The molecule has 3 aromatic rings. The Morgan fingerprint density at radius 2 is 2.10 bits per heavy atom. The Kier molecular flexibility index (Phi) is 6.41. The number of benzene rings is 1. The summed E-state index contributed by atoms with van der Waals surface area (Å²) >= 11 is 17.6. The van der Waals surface area contributed by atoms with Gasteiger partial charge in [0.25, 0.3) is 0 Å². The van der Waals surface area contributed by atoms with Gasteiger partial charge in [-0.15, -0.1) is 0 Å². The number of esters is 1. The fourth-order valence-electron chi connectivity index (χ4n) is 2.97. The summed E-state index contributed by atoms with van der Waals surface area (Å²) in [6.45, 7) is 1.94. The highest BCUT2D eigenvalue weighted by Crippen LogP contribution is 2.32. The SMILES string of the molecule is CCC(c1ccc(Cl)c(Cl)c1)n1c(C(=O)OC)c(NC(=O)n2ccnc2)[nH]c1=S. The fraction of sp³-hybridized carbons (Fsp3) is 0.222. The lowest BCUT2D eigenvalue weighted by Gasteiger charge is -2.20. The Hall–Kier alpha value is -2.62. The first-order valence-corrected chi connectivity index (χ1v) is 9.70. The van der Waals surface area contributed by atoms with E-state index < -0.39 is 12.0 Å². The van der Waals surface area contributed by atoms with Crippen molar-refractivity contribution in [2.24, 2.45) is 0 Å². The van der Waals surface area contributed by atoms with E-state index in [1.54, 1.807) is 16.7 Å². The van der Waals surface area contributed by atoms with Crippen LogP contribution in [-0.4, -0.2) is 38.2 Å². The van der Waals surface area contributed by atoms with Crippen LogP contribution in [-0.2, 0) is 4.74 Å². The number of amides is 1. The number of ether oxygens (including phenoxy) is 1. The highest BCUT2D eigenvalue weighted by Gasteiger charge is 2.27. The van der Waals surface area contributed by atoms with Crippen LogP contribution in [0.1, 0.15) is 35.4 Å². The van der Waals surface area contributed by atoms with Crippen LogP contribution < -0.4 is 5.32 Å². The number of anilines is 1. The third-order valence-corrected chi connectivity index (χ3v) is 5.34. The molecule has 1 amide bonds. The highest BCUT2D eigenvalue weighted by molar-refractivity contribution is 7.71. The molecule has 1 atom stereocenters. The van der Waals surface area contributed by atoms with Crippen molar-refractivity contribution in [2.75, 3.05) is 12.4 Å². The van der Waals surface area contributed by atoms with E-state index in [0.717, 1.165) is 5.56 Å². The molecule has 0 aliphatic carbocycles. The molecule has 2 aromatic heterocycles. The van der Waals surface area contributed by atoms with Gasteiger partial charge in [-0.2, -0.15) is 0 Å². The Morgan fingerprint density at radius 3 is 2.69 bits per heavy atom. The third kappa shape index (κ3) is 4.21. The number of halogens is 2. The third-order valence-electron chi connectivity index (χ3n) is 4.30. The number of aromatic nitrogens is 4. The Balaban J connectivity index is 2.11. The summed E-state index contributed by atoms with van der Waals surface area (Å²) in [7, 11) is 1.25. The van der Waals surface area contributed by atoms with Crippen molar-refractivity contribution in [2.45, 2.75) is 19.4 Å². The molecule has 0 fully saturated rings. The molecule has 152 valence electrons. The minimum Gasteiger partial charge on any atom is -0.464 e. The average Bonchev–Trinajstić information content (AvgIpc) is 3.34. The minimum absolute atomic E-state index is 0.0869. The quantitative estimate of drug-likeness (QED) is 0.422. The molecule has 0 radical (unpaired) electrons. The van der Waals surface area contributed by atoms with Crippen molar-refractivity contribution in [1.82, 2.24) is 19.1 Å². The largest absolute Gasteiger partial charge is 0.464 e. The molecule has 1 unspecified atom stereocenters. The highest BCUT2D eigenvalue weighted by atomic mass is 35.5. The first-order valence-electron chi connectivity index (χ1n) is 8.54. The Bertz CT molecular complexity index is 1110. The predicted octanol–water partition coefficient (Wildman–Crippen LogP) is 4.92. The maximum atomic E-state index is 12.6. The monoisotopic (exact) mass is 453 g/mol. The molecule has 0 saturated heterocycles. The van der Waals surface area contributed by atoms with Gasteiger partial charge in [0.1, 0.15) is 12.1 Å². The summed E-state index contributed by atoms with van der Waals surface area (Å²) in [4.78, 5) is 31.7. The summed E-state index contributed by atoms with van der Waals surface area (Å²) in [5.41, 5.74) is 0.888. The molecular weight excluding hydrogens is 437 g/mol. The van der Waals surface area contributed by atoms with Gasteiger partial charge in [0.15, 0.2) is 10.5 Å². The molecule has 0 aliphatic rings. The van der Waals surface area contributed by atoms with Crippen LogP contribution in [0.3, 0.4) is 0 Å². The lowest BCUT2D eigenvalue weighted by molar-refractivity contribution is 0.0588. The molecule has 29 heavy (non-hydrogen) atoms. The fourth-order valence-corrected chi connectivity index (χ4v) is 3.60. The average molecular weight is 454 g/mol. The molecule has 1 aromatic carbocycles. The van der Waals surface area contributed by atoms with E-state index in [9.17, 15) is 9.59 Å². The standard InChI is InChI=1S/C18H17Cl2N5O3S/c1-3-13(10-4-5-11(19)12(20)8-10)25-14(16(26)28-2)15(23-18(25)29)22-17(27)24-7-6-21-9-24/h4-9,13H,3H2,1-2H3,(H,22,27)(H,23,29). The van der Waals surface area contributed by atoms with Gasteiger partial charge in [0.05, 0.1) is 23.2 Å². The van der Waals surface area contributed by atoms with Gasteiger partial charge in [-0.3, -0.25) is 9.88 Å². The molecule has 2 N–H and O–H groups in total. The second-order valence-corrected chi connectivity index (χ2v) is 7.21. The van der Waals surface area contributed by atoms with E-state index in [0.29, 0.717) is 16.5 Å². The number of methoxy groups -OCH3 is 1. The molecule has 0 spiro atoms. The van der Waals surface area contributed by atoms with Crippen molar-refractivity contribution in [1.29, 1.82) is 0 Å². The smallest absolute Gasteiger partial charge is 0.358 e. The van der Waals surface area contributed by atoms with E-state index in [2.05, 4.69) is 15.3 Å². The Labute approximate surface area is 181 Å². The van der Waals surface area contributed by atoms with Gasteiger partial charge < -0.3 is 14.3 Å². The number of rotatable bonds is 5. The van der Waals surface area contributed by atoms with E-state index >= 15 is 0 Å². The van der Waals surface area contributed by atoms with Crippen molar-refractivity contribution in [3.05, 3.63) is 63.0 Å². The van der Waals surface area contributed by atoms with E-state index in [4.69, 9.17) is 40.2 Å². The maximum absolute atomic E-state index is 12.6. The number of H-pyrrole nitrogens is 1. The summed E-state index contributed by atoms with van der Waals surface area (Å²) in [5, 5.41) is 3.44. The number of nitrogens with one attached hydrogen (secondary N) is 2. The first kappa shape index (κ1) is 21.1. The van der Waals surface area contributed by atoms with E-state index in [1.165, 1.54) is 30.4 Å². The lowest BCUT2D eigenvalue weighted by Crippen LogP contribution is -2.22. The first-order chi connectivity index (χ1) is 13.9. The number of carbonyl (C=O) groups is 2. The second kappa shape index (κ2) is 8.81. The number of imidazole rings is 2. The number of carbonyl (C=O) groups excluding carboxylic acids is 2. The van der Waals surface area contributed by atoms with Crippen LogP contribution in [0.25, 0.3) is 0 Å². The van der Waals surface area contributed by atoms with Gasteiger partial charge >= 0.3 is 12.0 Å². The summed E-state index contributed by atoms with van der Waals surface area (Å²) < 4.78 is 8.00. The summed E-state index contributed by atoms with van der Waals surface area (Å²) in [5.74, 6) is -0.532. The van der Waals surface area contributed by atoms with Gasteiger partial charge in [-0.05, 0) is 36.3 Å². The summed E-state index contributed by atoms with van der Waals surface area (Å²) in [6, 6.07) is 4.34. The zero-order valence-corrected chi connectivity index (χ0v) is 17.8. The summed E-state index contributed by atoms with van der Waals surface area (Å²) in [6.07, 6.45) is 4.86. The van der Waals surface area contributed by atoms with Crippen molar-refractivity contribution < 1.29 is 14.3 Å². The molecule has 11 heteroatoms. The zero-order valence-electron chi connectivity index (χ0n) is 15.5. The second-order valence-electron chi connectivity index (χ2n) is 6.01. The predicted molar refractivity (Wildman–Crippen MR) is 112 cm³/mol. The topological polar surface area (TPSA) is 93.9 Å². The van der Waals surface area contributed by atoms with Gasteiger partial charge in [0, 0.05) is 12.4 Å². The van der Waals surface area contributed by atoms with Crippen LogP contribution in [0.4, 0.5) is 10.6 Å². The lowest BCUT2D eigenvalue weighted by atomic mass is 10.0. The van der Waals surface area contributed by atoms with Crippen LogP contribution in [0, 0.1) is 4.77 Å². The molecular formula is C18H17Cl2N5O3S. The number of hydrogen-bond acceptors (Lipinski definition) is 5. The van der Waals surface area contributed by atoms with Crippen molar-refractivity contribution in [3.8, 4) is 0 Å². The minimum atomic E-state index is -0.656. The molecule has 3 rings (SSSR count). The van der Waals surface area contributed by atoms with Crippen LogP contribution in [0.2, 0.25) is 10.0 Å². The number of hydrogen-bond donors (Lipinski definition) is 2. The molecule has 0 saturated carbocycles. The number of aromatic amines is 1. The van der Waals surface area contributed by atoms with Crippen molar-refractivity contribution in [3.63, 3.8) is 0 Å².